The number of nitrogens with zero attached hydrogens (tertiary/aromatic N) is 4. The van der Waals surface area contributed by atoms with Crippen LogP contribution < -0.4 is 9.64 Å². The fourth-order valence-corrected chi connectivity index (χ4v) is 4.82. The van der Waals surface area contributed by atoms with Crippen molar-refractivity contribution in [3.05, 3.63) is 36.0 Å². The lowest BCUT2D eigenvalue weighted by atomic mass is 9.97. The van der Waals surface area contributed by atoms with E-state index < -0.39 is 0 Å². The Hall–Kier alpha value is -3.16. The molecule has 34 heavy (non-hydrogen) atoms. The number of hydrogen-bond donors (Lipinski definition) is 0. The second-order valence-electron chi connectivity index (χ2n) is 9.04. The van der Waals surface area contributed by atoms with Crippen LogP contribution in [0.2, 0.25) is 0 Å². The first kappa shape index (κ1) is 24.0. The van der Waals surface area contributed by atoms with Crippen LogP contribution >= 0.6 is 0 Å². The molecule has 1 aromatic heterocycles. The van der Waals surface area contributed by atoms with Crippen LogP contribution in [0.4, 0.5) is 5.82 Å². The maximum absolute atomic E-state index is 13.7. The van der Waals surface area contributed by atoms with E-state index in [9.17, 15) is 9.59 Å². The van der Waals surface area contributed by atoms with Crippen LogP contribution in [0, 0.1) is 5.92 Å². The molecule has 2 saturated heterocycles. The Labute approximate surface area is 201 Å². The molecule has 1 amide bonds. The molecule has 8 nitrogen and oxygen atoms in total. The summed E-state index contributed by atoms with van der Waals surface area (Å²) < 4.78 is 10.5. The smallest absolute Gasteiger partial charge is 0.310 e. The Morgan fingerprint density at radius 3 is 2.59 bits per heavy atom. The first-order valence-electron chi connectivity index (χ1n) is 12.3. The SMILES string of the molecule is CCOC(=O)[C@H]1CCCN(C(=O)c2cnc(-c3ccc(OC)cc3)nc2N2CCCC[C@@H]2C)C1. The highest BCUT2D eigenvalue weighted by atomic mass is 16.5. The summed E-state index contributed by atoms with van der Waals surface area (Å²) in [5.41, 5.74) is 1.36. The highest BCUT2D eigenvalue weighted by Gasteiger charge is 2.33. The fraction of sp³-hybridized carbons (Fsp3) is 0.538. The van der Waals surface area contributed by atoms with Gasteiger partial charge in [-0.15, -0.1) is 0 Å². The normalized spacial score (nSPS) is 20.7. The van der Waals surface area contributed by atoms with Gasteiger partial charge in [-0.25, -0.2) is 9.97 Å². The number of methoxy groups -OCH3 is 1. The third kappa shape index (κ3) is 5.16. The topological polar surface area (TPSA) is 84.9 Å². The van der Waals surface area contributed by atoms with Crippen LogP contribution in [0.15, 0.2) is 30.5 Å². The van der Waals surface area contributed by atoms with Crippen LogP contribution in [-0.2, 0) is 9.53 Å². The summed E-state index contributed by atoms with van der Waals surface area (Å²) in [6, 6.07) is 7.89. The predicted octanol–water partition coefficient (Wildman–Crippen LogP) is 3.95. The van der Waals surface area contributed by atoms with Gasteiger partial charge in [0.15, 0.2) is 5.82 Å². The summed E-state index contributed by atoms with van der Waals surface area (Å²) in [5.74, 6) is 1.39. The molecule has 2 fully saturated rings. The number of carbonyl (C=O) groups is 2. The lowest BCUT2D eigenvalue weighted by molar-refractivity contribution is -0.149. The maximum Gasteiger partial charge on any atom is 0.310 e. The summed E-state index contributed by atoms with van der Waals surface area (Å²) in [6.07, 6.45) is 6.46. The van der Waals surface area contributed by atoms with Gasteiger partial charge in [-0.1, -0.05) is 0 Å². The molecule has 2 aliphatic heterocycles. The van der Waals surface area contributed by atoms with Gasteiger partial charge in [0, 0.05) is 37.4 Å². The van der Waals surface area contributed by atoms with Crippen molar-refractivity contribution in [2.24, 2.45) is 5.92 Å². The molecule has 0 bridgehead atoms. The first-order valence-corrected chi connectivity index (χ1v) is 12.3. The minimum absolute atomic E-state index is 0.122. The molecule has 182 valence electrons. The van der Waals surface area contributed by atoms with Crippen molar-refractivity contribution < 1.29 is 19.1 Å². The van der Waals surface area contributed by atoms with Crippen LogP contribution in [0.3, 0.4) is 0 Å². The number of benzene rings is 1. The first-order chi connectivity index (χ1) is 16.5. The third-order valence-corrected chi connectivity index (χ3v) is 6.75. The molecule has 2 atom stereocenters. The quantitative estimate of drug-likeness (QED) is 0.596. The van der Waals surface area contributed by atoms with E-state index in [4.69, 9.17) is 14.5 Å². The minimum atomic E-state index is -0.283. The number of piperidine rings is 2. The molecular formula is C26H34N4O4. The summed E-state index contributed by atoms with van der Waals surface area (Å²) in [6.45, 7) is 6.17. The second kappa shape index (κ2) is 10.8. The molecule has 0 spiro atoms. The Balaban J connectivity index is 1.66. The molecule has 0 radical (unpaired) electrons. The van der Waals surface area contributed by atoms with E-state index in [1.54, 1.807) is 25.1 Å². The zero-order valence-corrected chi connectivity index (χ0v) is 20.3. The third-order valence-electron chi connectivity index (χ3n) is 6.75. The van der Waals surface area contributed by atoms with Gasteiger partial charge < -0.3 is 19.3 Å². The van der Waals surface area contributed by atoms with E-state index in [0.29, 0.717) is 36.9 Å². The number of aromatic nitrogens is 2. The van der Waals surface area contributed by atoms with Crippen molar-refractivity contribution in [3.63, 3.8) is 0 Å². The number of anilines is 1. The van der Waals surface area contributed by atoms with Gasteiger partial charge >= 0.3 is 5.97 Å². The monoisotopic (exact) mass is 466 g/mol. The van der Waals surface area contributed by atoms with Gasteiger partial charge in [0.05, 0.1) is 19.6 Å². The molecule has 0 unspecified atom stereocenters. The number of ether oxygens (including phenoxy) is 2. The van der Waals surface area contributed by atoms with Crippen molar-refractivity contribution in [1.82, 2.24) is 14.9 Å². The zero-order valence-electron chi connectivity index (χ0n) is 20.3. The molecule has 4 rings (SSSR count). The highest BCUT2D eigenvalue weighted by Crippen LogP contribution is 2.30. The van der Waals surface area contributed by atoms with Gasteiger partial charge in [0.25, 0.3) is 5.91 Å². The average molecular weight is 467 g/mol. The molecule has 2 aliphatic rings. The van der Waals surface area contributed by atoms with Gasteiger partial charge in [0.1, 0.15) is 17.1 Å². The van der Waals surface area contributed by atoms with Crippen molar-refractivity contribution in [3.8, 4) is 17.1 Å². The lowest BCUT2D eigenvalue weighted by Crippen LogP contribution is -2.44. The van der Waals surface area contributed by atoms with Crippen LogP contribution in [0.25, 0.3) is 11.4 Å². The highest BCUT2D eigenvalue weighted by molar-refractivity contribution is 5.99. The van der Waals surface area contributed by atoms with Gasteiger partial charge in [-0.3, -0.25) is 9.59 Å². The zero-order chi connectivity index (χ0) is 24.1. The number of likely N-dealkylation sites (tertiary alicyclic amines) is 1. The summed E-state index contributed by atoms with van der Waals surface area (Å²) in [7, 11) is 1.63. The van der Waals surface area contributed by atoms with Crippen LogP contribution in [-0.4, -0.2) is 66.1 Å². The van der Waals surface area contributed by atoms with E-state index in [2.05, 4.69) is 16.8 Å². The largest absolute Gasteiger partial charge is 0.497 e. The number of amides is 1. The second-order valence-corrected chi connectivity index (χ2v) is 9.04. The minimum Gasteiger partial charge on any atom is -0.497 e. The Morgan fingerprint density at radius 1 is 1.09 bits per heavy atom. The molecule has 0 saturated carbocycles. The summed E-state index contributed by atoms with van der Waals surface area (Å²) in [4.78, 5) is 39.4. The summed E-state index contributed by atoms with van der Waals surface area (Å²) in [5, 5.41) is 0. The standard InChI is InChI=1S/C26H34N4O4/c1-4-34-26(32)20-9-7-14-29(17-20)25(31)22-16-27-23(19-10-12-21(33-3)13-11-19)28-24(22)30-15-6-5-8-18(30)2/h10-13,16,18,20H,4-9,14-15,17H2,1-3H3/t18-,20-/m0/s1. The van der Waals surface area contributed by atoms with Crippen molar-refractivity contribution in [2.45, 2.75) is 52.0 Å². The molecule has 2 aromatic rings. The van der Waals surface area contributed by atoms with Gasteiger partial charge in [0.2, 0.25) is 0 Å². The Bertz CT molecular complexity index is 1010. The average Bonchev–Trinajstić information content (AvgIpc) is 2.88. The van der Waals surface area contributed by atoms with E-state index in [-0.39, 0.29) is 23.8 Å². The number of hydrogen-bond acceptors (Lipinski definition) is 7. The lowest BCUT2D eigenvalue weighted by Gasteiger charge is -2.37. The van der Waals surface area contributed by atoms with Gasteiger partial charge in [-0.2, -0.15) is 0 Å². The van der Waals surface area contributed by atoms with Crippen molar-refractivity contribution in [2.75, 3.05) is 38.3 Å². The maximum atomic E-state index is 13.7. The van der Waals surface area contributed by atoms with E-state index in [1.165, 1.54) is 6.42 Å². The van der Waals surface area contributed by atoms with Crippen LogP contribution in [0.1, 0.15) is 56.3 Å². The van der Waals surface area contributed by atoms with Crippen LogP contribution in [0.5, 0.6) is 5.75 Å². The number of esters is 1. The molecule has 1 aromatic carbocycles. The molecule has 3 heterocycles. The Morgan fingerprint density at radius 2 is 1.88 bits per heavy atom. The Kier molecular flexibility index (Phi) is 7.65. The van der Waals surface area contributed by atoms with E-state index >= 15 is 0 Å². The summed E-state index contributed by atoms with van der Waals surface area (Å²) >= 11 is 0. The number of carbonyl (C=O) groups excluding carboxylic acids is 2. The fourth-order valence-electron chi connectivity index (χ4n) is 4.82. The van der Waals surface area contributed by atoms with Crippen molar-refractivity contribution in [1.29, 1.82) is 0 Å². The molecule has 8 heteroatoms. The van der Waals surface area contributed by atoms with E-state index in [1.807, 2.05) is 24.3 Å². The number of rotatable bonds is 6. The van der Waals surface area contributed by atoms with Crippen molar-refractivity contribution >= 4 is 17.7 Å². The van der Waals surface area contributed by atoms with Gasteiger partial charge in [-0.05, 0) is 70.2 Å². The molecule has 0 aliphatic carbocycles. The molecule has 0 N–H and O–H groups in total. The predicted molar refractivity (Wildman–Crippen MR) is 130 cm³/mol. The van der Waals surface area contributed by atoms with E-state index in [0.717, 1.165) is 43.5 Å². The molecular weight excluding hydrogens is 432 g/mol.